The van der Waals surface area contributed by atoms with Gasteiger partial charge >= 0.3 is 5.97 Å². The third-order valence-corrected chi connectivity index (χ3v) is 4.01. The van der Waals surface area contributed by atoms with Crippen molar-refractivity contribution >= 4 is 21.9 Å². The average Bonchev–Trinajstić information content (AvgIpc) is 2.50. The van der Waals surface area contributed by atoms with E-state index in [1.165, 1.54) is 12.1 Å². The fourth-order valence-corrected chi connectivity index (χ4v) is 2.67. The number of unbranched alkanes of at least 4 members (excludes halogenated alkanes) is 1. The second-order valence-corrected chi connectivity index (χ2v) is 6.51. The number of rotatable bonds is 8. The Balaban J connectivity index is 2.70. The summed E-state index contributed by atoms with van der Waals surface area (Å²) in [6.07, 6.45) is 3.03. The van der Waals surface area contributed by atoms with E-state index in [1.807, 2.05) is 18.6 Å². The molecule has 0 fully saturated rings. The molecule has 1 heterocycles. The summed E-state index contributed by atoms with van der Waals surface area (Å²) in [7, 11) is -3.65. The molecule has 0 aliphatic carbocycles. The van der Waals surface area contributed by atoms with Crippen molar-refractivity contribution in [2.75, 3.05) is 12.4 Å². The molecule has 0 saturated heterocycles. The maximum absolute atomic E-state index is 11.8. The summed E-state index contributed by atoms with van der Waals surface area (Å²) in [6.45, 7) is 4.02. The van der Waals surface area contributed by atoms with E-state index in [-0.39, 0.29) is 17.0 Å². The summed E-state index contributed by atoms with van der Waals surface area (Å²) in [5.74, 6) is -1.45. The molecule has 0 bridgehead atoms. The molecule has 122 valence electrons. The normalized spacial score (nSPS) is 11.0. The Labute approximate surface area is 130 Å². The summed E-state index contributed by atoms with van der Waals surface area (Å²) in [5, 5.41) is 0. The zero-order chi connectivity index (χ0) is 16.6. The first-order valence-electron chi connectivity index (χ1n) is 7.07. The third-order valence-electron chi connectivity index (χ3n) is 2.69. The van der Waals surface area contributed by atoms with Crippen LogP contribution in [0.2, 0.25) is 0 Å². The molecule has 0 aromatic carbocycles. The lowest BCUT2D eigenvalue weighted by molar-refractivity contribution is 0.0498. The molecule has 1 aromatic heterocycles. The van der Waals surface area contributed by atoms with Crippen LogP contribution in [-0.2, 0) is 14.8 Å². The fourth-order valence-electron chi connectivity index (χ4n) is 1.50. The zero-order valence-corrected chi connectivity index (χ0v) is 13.5. The number of nitrogens with one attached hydrogen (secondary N) is 1. The number of aromatic nitrogens is 1. The van der Waals surface area contributed by atoms with Gasteiger partial charge in [0.1, 0.15) is 5.69 Å². The number of hydrogen-bond donors (Lipinski definition) is 1. The molecule has 0 aliphatic rings. The van der Waals surface area contributed by atoms with Crippen molar-refractivity contribution in [2.24, 2.45) is 0 Å². The van der Waals surface area contributed by atoms with Gasteiger partial charge in [0.25, 0.3) is 5.91 Å². The first kappa shape index (κ1) is 18.1. The molecule has 0 spiro atoms. The highest BCUT2D eigenvalue weighted by Gasteiger charge is 2.16. The van der Waals surface area contributed by atoms with Gasteiger partial charge < -0.3 is 4.74 Å². The lowest BCUT2D eigenvalue weighted by Gasteiger charge is -2.06. The minimum atomic E-state index is -3.65. The van der Waals surface area contributed by atoms with Crippen LogP contribution < -0.4 is 4.72 Å². The molecular weight excluding hydrogens is 308 g/mol. The third kappa shape index (κ3) is 5.80. The maximum Gasteiger partial charge on any atom is 0.356 e. The molecular formula is C14H20N2O5S. The van der Waals surface area contributed by atoms with Gasteiger partial charge in [0, 0.05) is 6.20 Å². The lowest BCUT2D eigenvalue weighted by atomic mass is 10.2. The summed E-state index contributed by atoms with van der Waals surface area (Å²) < 4.78 is 30.2. The maximum atomic E-state index is 11.8. The van der Waals surface area contributed by atoms with Crippen molar-refractivity contribution in [1.82, 2.24) is 9.71 Å². The van der Waals surface area contributed by atoms with Crippen molar-refractivity contribution in [1.29, 1.82) is 0 Å². The van der Waals surface area contributed by atoms with Crippen LogP contribution in [0.5, 0.6) is 0 Å². The van der Waals surface area contributed by atoms with Gasteiger partial charge in [-0.3, -0.25) is 4.79 Å². The molecule has 0 aliphatic heterocycles. The van der Waals surface area contributed by atoms with Crippen LogP contribution in [-0.4, -0.2) is 37.6 Å². The van der Waals surface area contributed by atoms with Crippen LogP contribution in [0, 0.1) is 0 Å². The molecule has 1 amide bonds. The molecule has 1 N–H and O–H groups in total. The van der Waals surface area contributed by atoms with E-state index in [0.717, 1.165) is 6.20 Å². The van der Waals surface area contributed by atoms with Crippen LogP contribution in [0.1, 0.15) is 54.0 Å². The van der Waals surface area contributed by atoms with E-state index in [9.17, 15) is 18.0 Å². The second kappa shape index (κ2) is 8.47. The predicted molar refractivity (Wildman–Crippen MR) is 81.0 cm³/mol. The topological polar surface area (TPSA) is 102 Å². The van der Waals surface area contributed by atoms with Gasteiger partial charge in [0.15, 0.2) is 0 Å². The number of pyridine rings is 1. The Morgan fingerprint density at radius 2 is 1.95 bits per heavy atom. The second-order valence-electron chi connectivity index (χ2n) is 4.67. The minimum Gasteiger partial charge on any atom is -0.461 e. The zero-order valence-electron chi connectivity index (χ0n) is 12.7. The molecule has 0 saturated carbocycles. The number of esters is 1. The Morgan fingerprint density at radius 3 is 2.50 bits per heavy atom. The molecule has 1 rings (SSSR count). The van der Waals surface area contributed by atoms with E-state index in [1.54, 1.807) is 0 Å². The molecule has 22 heavy (non-hydrogen) atoms. The standard InChI is InChI=1S/C14H20N2O5S/c1-3-5-9-22(19,20)16-13(17)11-6-7-12(15-10-11)14(18)21-8-4-2/h6-7,10H,3-5,8-9H2,1-2H3,(H,16,17). The number of carbonyl (C=O) groups is 2. The monoisotopic (exact) mass is 328 g/mol. The van der Waals surface area contributed by atoms with Gasteiger partial charge in [-0.05, 0) is 25.0 Å². The van der Waals surface area contributed by atoms with Crippen LogP contribution in [0.3, 0.4) is 0 Å². The minimum absolute atomic E-state index is 0.0621. The number of amides is 1. The van der Waals surface area contributed by atoms with E-state index >= 15 is 0 Å². The van der Waals surface area contributed by atoms with Gasteiger partial charge in [0.2, 0.25) is 10.0 Å². The van der Waals surface area contributed by atoms with E-state index in [4.69, 9.17) is 4.74 Å². The SMILES string of the molecule is CCCCS(=O)(=O)NC(=O)c1ccc(C(=O)OCCC)nc1. The van der Waals surface area contributed by atoms with Gasteiger partial charge in [-0.2, -0.15) is 0 Å². The van der Waals surface area contributed by atoms with Crippen molar-refractivity contribution in [3.8, 4) is 0 Å². The quantitative estimate of drug-likeness (QED) is 0.726. The highest BCUT2D eigenvalue weighted by atomic mass is 32.2. The fraction of sp³-hybridized carbons (Fsp3) is 0.500. The summed E-state index contributed by atoms with van der Waals surface area (Å²) in [6, 6.07) is 2.66. The summed E-state index contributed by atoms with van der Waals surface area (Å²) in [5.41, 5.74) is 0.131. The Bertz CT molecular complexity index is 611. The van der Waals surface area contributed by atoms with Crippen LogP contribution in [0.4, 0.5) is 0 Å². The van der Waals surface area contributed by atoms with Crippen LogP contribution in [0.15, 0.2) is 18.3 Å². The van der Waals surface area contributed by atoms with Crippen molar-refractivity contribution in [3.63, 3.8) is 0 Å². The average molecular weight is 328 g/mol. The molecule has 0 radical (unpaired) electrons. The first-order chi connectivity index (χ1) is 10.4. The number of hydrogen-bond acceptors (Lipinski definition) is 6. The van der Waals surface area contributed by atoms with E-state index in [2.05, 4.69) is 4.98 Å². The number of ether oxygens (including phenoxy) is 1. The van der Waals surface area contributed by atoms with Crippen LogP contribution >= 0.6 is 0 Å². The lowest BCUT2D eigenvalue weighted by Crippen LogP contribution is -2.32. The summed E-state index contributed by atoms with van der Waals surface area (Å²) in [4.78, 5) is 27.2. The summed E-state index contributed by atoms with van der Waals surface area (Å²) >= 11 is 0. The van der Waals surface area contributed by atoms with Gasteiger partial charge in [-0.1, -0.05) is 20.3 Å². The predicted octanol–water partition coefficient (Wildman–Crippen LogP) is 1.51. The number of nitrogens with zero attached hydrogens (tertiary/aromatic N) is 1. The molecule has 1 aromatic rings. The number of carbonyl (C=O) groups excluding carboxylic acids is 2. The first-order valence-corrected chi connectivity index (χ1v) is 8.72. The Morgan fingerprint density at radius 1 is 1.23 bits per heavy atom. The van der Waals surface area contributed by atoms with Gasteiger partial charge in [0.05, 0.1) is 17.9 Å². The van der Waals surface area contributed by atoms with E-state index in [0.29, 0.717) is 25.9 Å². The Kier molecular flexibility index (Phi) is 6.97. The smallest absolute Gasteiger partial charge is 0.356 e. The molecule has 8 heteroatoms. The largest absolute Gasteiger partial charge is 0.461 e. The van der Waals surface area contributed by atoms with E-state index < -0.39 is 21.9 Å². The molecule has 7 nitrogen and oxygen atoms in total. The molecule has 0 unspecified atom stereocenters. The number of sulfonamides is 1. The van der Waals surface area contributed by atoms with Crippen molar-refractivity contribution < 1.29 is 22.7 Å². The van der Waals surface area contributed by atoms with Crippen molar-refractivity contribution in [2.45, 2.75) is 33.1 Å². The highest BCUT2D eigenvalue weighted by molar-refractivity contribution is 7.90. The van der Waals surface area contributed by atoms with Crippen molar-refractivity contribution in [3.05, 3.63) is 29.6 Å². The van der Waals surface area contributed by atoms with Gasteiger partial charge in [-0.15, -0.1) is 0 Å². The van der Waals surface area contributed by atoms with Crippen LogP contribution in [0.25, 0.3) is 0 Å². The van der Waals surface area contributed by atoms with Gasteiger partial charge in [-0.25, -0.2) is 22.9 Å². The highest BCUT2D eigenvalue weighted by Crippen LogP contribution is 2.04. The Hall–Kier alpha value is -1.96. The molecule has 0 atom stereocenters.